The van der Waals surface area contributed by atoms with E-state index in [1.165, 1.54) is 13.2 Å². The first kappa shape index (κ1) is 14.9. The largest absolute Gasteiger partial charge is 0.465 e. The van der Waals surface area contributed by atoms with Gasteiger partial charge in [-0.1, -0.05) is 11.6 Å². The minimum Gasteiger partial charge on any atom is -0.465 e. The zero-order valence-corrected chi connectivity index (χ0v) is 12.0. The summed E-state index contributed by atoms with van der Waals surface area (Å²) < 4.78 is 4.60. The normalized spacial score (nSPS) is 10.0. The average Bonchev–Trinajstić information content (AvgIpc) is 2.49. The van der Waals surface area contributed by atoms with Gasteiger partial charge in [0.05, 0.1) is 23.3 Å². The molecule has 0 spiro atoms. The van der Waals surface area contributed by atoms with Crippen LogP contribution in [0.15, 0.2) is 42.5 Å². The van der Waals surface area contributed by atoms with Crippen molar-refractivity contribution in [3.63, 3.8) is 0 Å². The van der Waals surface area contributed by atoms with Gasteiger partial charge in [0.2, 0.25) is 0 Å². The number of esters is 1. The van der Waals surface area contributed by atoms with Crippen molar-refractivity contribution in [1.82, 2.24) is 0 Å². The van der Waals surface area contributed by atoms with Gasteiger partial charge in [0.25, 0.3) is 5.91 Å². The molecule has 0 aliphatic carbocycles. The summed E-state index contributed by atoms with van der Waals surface area (Å²) in [5, 5.41) is 2.99. The molecule has 0 radical (unpaired) electrons. The molecule has 0 heterocycles. The summed E-state index contributed by atoms with van der Waals surface area (Å²) >= 11 is 5.97. The second-order valence-corrected chi connectivity index (χ2v) is 4.67. The molecule has 5 nitrogen and oxygen atoms in total. The summed E-state index contributed by atoms with van der Waals surface area (Å²) in [5.74, 6) is -0.815. The summed E-state index contributed by atoms with van der Waals surface area (Å²) in [5.41, 5.74) is 7.31. The van der Waals surface area contributed by atoms with Crippen molar-refractivity contribution in [3.8, 4) is 0 Å². The first-order chi connectivity index (χ1) is 10.0. The van der Waals surface area contributed by atoms with Crippen molar-refractivity contribution >= 4 is 34.9 Å². The highest BCUT2D eigenvalue weighted by molar-refractivity contribution is 6.34. The third kappa shape index (κ3) is 3.52. The highest BCUT2D eigenvalue weighted by atomic mass is 35.5. The minimum absolute atomic E-state index is 0.286. The number of nitrogen functional groups attached to an aromatic ring is 1. The summed E-state index contributed by atoms with van der Waals surface area (Å²) in [7, 11) is 1.31. The van der Waals surface area contributed by atoms with E-state index >= 15 is 0 Å². The number of anilines is 2. The van der Waals surface area contributed by atoms with Crippen LogP contribution in [0.3, 0.4) is 0 Å². The highest BCUT2D eigenvalue weighted by Gasteiger charge is 2.11. The van der Waals surface area contributed by atoms with E-state index in [0.29, 0.717) is 22.0 Å². The lowest BCUT2D eigenvalue weighted by atomic mass is 10.1. The number of nitrogens with one attached hydrogen (secondary N) is 1. The van der Waals surface area contributed by atoms with Gasteiger partial charge in [-0.05, 0) is 42.5 Å². The van der Waals surface area contributed by atoms with Gasteiger partial charge in [-0.25, -0.2) is 4.79 Å². The number of carbonyl (C=O) groups excluding carboxylic acids is 2. The fourth-order valence-electron chi connectivity index (χ4n) is 1.72. The van der Waals surface area contributed by atoms with Gasteiger partial charge in [-0.2, -0.15) is 0 Å². The van der Waals surface area contributed by atoms with E-state index in [-0.39, 0.29) is 11.5 Å². The number of methoxy groups -OCH3 is 1. The van der Waals surface area contributed by atoms with Crippen LogP contribution in [0.5, 0.6) is 0 Å². The predicted molar refractivity (Wildman–Crippen MR) is 81.6 cm³/mol. The molecule has 0 aliphatic heterocycles. The molecular formula is C15H13ClN2O3. The minimum atomic E-state index is -0.438. The van der Waals surface area contributed by atoms with Crippen LogP contribution < -0.4 is 11.1 Å². The van der Waals surface area contributed by atoms with Crippen LogP contribution in [-0.2, 0) is 4.74 Å². The van der Waals surface area contributed by atoms with E-state index < -0.39 is 5.97 Å². The number of hydrogen-bond donors (Lipinski definition) is 2. The smallest absolute Gasteiger partial charge is 0.337 e. The molecule has 1 amide bonds. The number of benzene rings is 2. The molecule has 0 saturated heterocycles. The number of hydrogen-bond acceptors (Lipinski definition) is 4. The Balaban J connectivity index is 2.16. The van der Waals surface area contributed by atoms with Gasteiger partial charge in [0.15, 0.2) is 0 Å². The lowest BCUT2D eigenvalue weighted by Crippen LogP contribution is -2.13. The van der Waals surface area contributed by atoms with Crippen LogP contribution in [0, 0.1) is 0 Å². The van der Waals surface area contributed by atoms with Crippen molar-refractivity contribution in [2.24, 2.45) is 0 Å². The molecule has 0 atom stereocenters. The predicted octanol–water partition coefficient (Wildman–Crippen LogP) is 2.96. The van der Waals surface area contributed by atoms with Crippen molar-refractivity contribution in [2.45, 2.75) is 0 Å². The maximum absolute atomic E-state index is 12.1. The fraction of sp³-hybridized carbons (Fsp3) is 0.0667. The molecule has 0 saturated carbocycles. The Morgan fingerprint density at radius 3 is 2.43 bits per heavy atom. The third-order valence-corrected chi connectivity index (χ3v) is 3.13. The first-order valence-corrected chi connectivity index (χ1v) is 6.44. The van der Waals surface area contributed by atoms with Crippen LogP contribution in [0.4, 0.5) is 11.4 Å². The zero-order valence-electron chi connectivity index (χ0n) is 11.2. The Morgan fingerprint density at radius 2 is 1.81 bits per heavy atom. The molecule has 2 rings (SSSR count). The van der Waals surface area contributed by atoms with Gasteiger partial charge in [0.1, 0.15) is 0 Å². The fourth-order valence-corrected chi connectivity index (χ4v) is 1.93. The summed E-state index contributed by atoms with van der Waals surface area (Å²) in [6.45, 7) is 0. The standard InChI is InChI=1S/C15H13ClN2O3/c1-21-15(20)9-2-5-11(6-3-9)18-14(19)12-8-10(17)4-7-13(12)16/h2-8H,17H2,1H3,(H,18,19). The van der Waals surface area contributed by atoms with E-state index in [2.05, 4.69) is 10.1 Å². The molecule has 0 bridgehead atoms. The molecule has 0 fully saturated rings. The highest BCUT2D eigenvalue weighted by Crippen LogP contribution is 2.20. The second-order valence-electron chi connectivity index (χ2n) is 4.26. The molecule has 2 aromatic carbocycles. The van der Waals surface area contributed by atoms with E-state index in [1.807, 2.05) is 0 Å². The number of amides is 1. The molecule has 21 heavy (non-hydrogen) atoms. The zero-order chi connectivity index (χ0) is 15.4. The topological polar surface area (TPSA) is 81.4 Å². The molecule has 3 N–H and O–H groups in total. The quantitative estimate of drug-likeness (QED) is 0.674. The Kier molecular flexibility index (Phi) is 4.45. The molecule has 108 valence electrons. The van der Waals surface area contributed by atoms with Crippen molar-refractivity contribution < 1.29 is 14.3 Å². The average molecular weight is 305 g/mol. The van der Waals surface area contributed by atoms with Crippen LogP contribution in [0.1, 0.15) is 20.7 Å². The second kappa shape index (κ2) is 6.28. The summed E-state index contributed by atoms with van der Waals surface area (Å²) in [6, 6.07) is 11.0. The molecule has 0 unspecified atom stereocenters. The monoisotopic (exact) mass is 304 g/mol. The van der Waals surface area contributed by atoms with Crippen LogP contribution >= 0.6 is 11.6 Å². The van der Waals surface area contributed by atoms with Gasteiger partial charge < -0.3 is 15.8 Å². The molecule has 0 aliphatic rings. The number of nitrogens with two attached hydrogens (primary N) is 1. The van der Waals surface area contributed by atoms with Gasteiger partial charge >= 0.3 is 5.97 Å². The number of halogens is 1. The number of ether oxygens (including phenoxy) is 1. The van der Waals surface area contributed by atoms with Crippen LogP contribution in [0.25, 0.3) is 0 Å². The van der Waals surface area contributed by atoms with E-state index in [9.17, 15) is 9.59 Å². The van der Waals surface area contributed by atoms with Crippen molar-refractivity contribution in [1.29, 1.82) is 0 Å². The Hall–Kier alpha value is -2.53. The van der Waals surface area contributed by atoms with Gasteiger partial charge in [0, 0.05) is 11.4 Å². The lowest BCUT2D eigenvalue weighted by Gasteiger charge is -2.08. The Labute approximate surface area is 126 Å². The third-order valence-electron chi connectivity index (χ3n) is 2.80. The van der Waals surface area contributed by atoms with Gasteiger partial charge in [-0.15, -0.1) is 0 Å². The number of carbonyl (C=O) groups is 2. The van der Waals surface area contributed by atoms with Crippen molar-refractivity contribution in [3.05, 3.63) is 58.6 Å². The summed E-state index contributed by atoms with van der Waals surface area (Å²) in [6.07, 6.45) is 0. The maximum atomic E-state index is 12.1. The Bertz CT molecular complexity index is 684. The molecular weight excluding hydrogens is 292 g/mol. The van der Waals surface area contributed by atoms with Crippen LogP contribution in [0.2, 0.25) is 5.02 Å². The Morgan fingerprint density at radius 1 is 1.14 bits per heavy atom. The number of rotatable bonds is 3. The van der Waals surface area contributed by atoms with Gasteiger partial charge in [-0.3, -0.25) is 4.79 Å². The molecule has 6 heteroatoms. The van der Waals surface area contributed by atoms with E-state index in [4.69, 9.17) is 17.3 Å². The molecule has 2 aromatic rings. The van der Waals surface area contributed by atoms with Crippen molar-refractivity contribution in [2.75, 3.05) is 18.2 Å². The molecule has 0 aromatic heterocycles. The lowest BCUT2D eigenvalue weighted by molar-refractivity contribution is 0.0600. The van der Waals surface area contributed by atoms with E-state index in [0.717, 1.165) is 0 Å². The summed E-state index contributed by atoms with van der Waals surface area (Å²) in [4.78, 5) is 23.4. The SMILES string of the molecule is COC(=O)c1ccc(NC(=O)c2cc(N)ccc2Cl)cc1. The van der Waals surface area contributed by atoms with Crippen LogP contribution in [-0.4, -0.2) is 19.0 Å². The van der Waals surface area contributed by atoms with E-state index in [1.54, 1.807) is 36.4 Å². The first-order valence-electron chi connectivity index (χ1n) is 6.06. The maximum Gasteiger partial charge on any atom is 0.337 e.